The van der Waals surface area contributed by atoms with Gasteiger partial charge in [-0.05, 0) is 42.5 Å². The van der Waals surface area contributed by atoms with Crippen LogP contribution < -0.4 is 13.7 Å². The average molecular weight is 410 g/mol. The average Bonchev–Trinajstić information content (AvgIpc) is 2.67. The summed E-state index contributed by atoms with van der Waals surface area (Å²) in [6.07, 6.45) is 4.47. The molecule has 2 N–H and O–H groups in total. The summed E-state index contributed by atoms with van der Waals surface area (Å²) >= 11 is 2.00. The van der Waals surface area contributed by atoms with E-state index in [9.17, 15) is 5.11 Å². The predicted molar refractivity (Wildman–Crippen MR) is 112 cm³/mol. The second kappa shape index (κ2) is 11.6. The maximum Gasteiger partial charge on any atom is 0.222 e. The molecule has 0 aliphatic carbocycles. The van der Waals surface area contributed by atoms with Crippen molar-refractivity contribution >= 4 is 30.3 Å². The highest BCUT2D eigenvalue weighted by molar-refractivity contribution is 7.98. The minimum atomic E-state index is 0.0657. The Hall–Kier alpha value is -2.03. The van der Waals surface area contributed by atoms with Crippen LogP contribution in [-0.4, -0.2) is 47.6 Å². The zero-order valence-corrected chi connectivity index (χ0v) is 16.8. The van der Waals surface area contributed by atoms with Gasteiger partial charge in [0.05, 0.1) is 13.2 Å². The van der Waals surface area contributed by atoms with Crippen molar-refractivity contribution in [2.45, 2.75) is 12.5 Å². The molecule has 0 aliphatic heterocycles. The van der Waals surface area contributed by atoms with Crippen LogP contribution in [0.3, 0.4) is 0 Å². The topological polar surface area (TPSA) is 80.5 Å². The summed E-state index contributed by atoms with van der Waals surface area (Å²) in [6, 6.07) is 12.5. The molecule has 0 spiro atoms. The molecule has 6 nitrogen and oxygen atoms in total. The number of thioether (sulfide) groups is 1. The predicted octanol–water partition coefficient (Wildman–Crippen LogP) is 4.32. The quantitative estimate of drug-likeness (QED) is 0.422. The molecular formula is C19H23NO5S2. The SMILES string of the molecule is COc1ccc(C[C@@H](CSC)/N=C\COc2ccccc2O)cc1OSO. The molecule has 2 rings (SSSR count). The number of rotatable bonds is 11. The number of aliphatic imine (C=N–C) groups is 1. The number of ether oxygens (including phenoxy) is 2. The van der Waals surface area contributed by atoms with E-state index in [4.69, 9.17) is 18.2 Å². The number of hydrogen-bond donors (Lipinski definition) is 2. The van der Waals surface area contributed by atoms with E-state index in [1.165, 1.54) is 0 Å². The van der Waals surface area contributed by atoms with Gasteiger partial charge in [-0.3, -0.25) is 9.55 Å². The Labute approximate surface area is 168 Å². The van der Waals surface area contributed by atoms with Crippen molar-refractivity contribution in [3.63, 3.8) is 0 Å². The molecule has 146 valence electrons. The number of hydrogen-bond acceptors (Lipinski definition) is 8. The molecule has 1 atom stereocenters. The number of phenols is 1. The first-order chi connectivity index (χ1) is 13.2. The maximum atomic E-state index is 9.70. The van der Waals surface area contributed by atoms with E-state index in [0.29, 0.717) is 23.7 Å². The van der Waals surface area contributed by atoms with Gasteiger partial charge in [-0.25, -0.2) is 0 Å². The van der Waals surface area contributed by atoms with Crippen molar-refractivity contribution in [1.82, 2.24) is 0 Å². The Bertz CT molecular complexity index is 742. The first-order valence-corrected chi connectivity index (χ1v) is 10.3. The second-order valence-corrected chi connectivity index (χ2v) is 6.79. The number of phenolic OH excluding ortho intramolecular Hbond substituents is 1. The van der Waals surface area contributed by atoms with E-state index >= 15 is 0 Å². The summed E-state index contributed by atoms with van der Waals surface area (Å²) < 4.78 is 24.8. The summed E-state index contributed by atoms with van der Waals surface area (Å²) in [6.45, 7) is 0.278. The molecule has 0 heterocycles. The Morgan fingerprint density at radius 1 is 1.15 bits per heavy atom. The van der Waals surface area contributed by atoms with E-state index in [2.05, 4.69) is 4.99 Å². The second-order valence-electron chi connectivity index (χ2n) is 5.57. The van der Waals surface area contributed by atoms with E-state index in [1.807, 2.05) is 24.5 Å². The van der Waals surface area contributed by atoms with Gasteiger partial charge < -0.3 is 18.8 Å². The van der Waals surface area contributed by atoms with Gasteiger partial charge in [0.2, 0.25) is 12.3 Å². The minimum absolute atomic E-state index is 0.0657. The van der Waals surface area contributed by atoms with Crippen LogP contribution in [0.15, 0.2) is 47.5 Å². The molecule has 0 saturated carbocycles. The molecule has 0 aromatic heterocycles. The summed E-state index contributed by atoms with van der Waals surface area (Å²) in [5.41, 5.74) is 1.03. The molecule has 0 amide bonds. The molecule has 0 radical (unpaired) electrons. The number of nitrogens with zero attached hydrogens (tertiary/aromatic N) is 1. The zero-order valence-electron chi connectivity index (χ0n) is 15.2. The van der Waals surface area contributed by atoms with E-state index in [1.54, 1.807) is 49.4 Å². The van der Waals surface area contributed by atoms with Crippen LogP contribution in [0.1, 0.15) is 5.56 Å². The van der Waals surface area contributed by atoms with Crippen LogP contribution in [0.2, 0.25) is 0 Å². The monoisotopic (exact) mass is 409 g/mol. The maximum absolute atomic E-state index is 9.70. The lowest BCUT2D eigenvalue weighted by Gasteiger charge is -2.13. The van der Waals surface area contributed by atoms with Crippen LogP contribution >= 0.6 is 24.1 Å². The van der Waals surface area contributed by atoms with Gasteiger partial charge in [-0.15, -0.1) is 0 Å². The van der Waals surface area contributed by atoms with Crippen molar-refractivity contribution in [1.29, 1.82) is 0 Å². The van der Waals surface area contributed by atoms with Gasteiger partial charge in [-0.2, -0.15) is 11.8 Å². The normalized spacial score (nSPS) is 12.1. The molecule has 2 aromatic carbocycles. The molecule has 8 heteroatoms. The van der Waals surface area contributed by atoms with Gasteiger partial charge in [0.1, 0.15) is 6.61 Å². The van der Waals surface area contributed by atoms with Crippen molar-refractivity contribution in [3.05, 3.63) is 48.0 Å². The smallest absolute Gasteiger partial charge is 0.222 e. The molecule has 0 unspecified atom stereocenters. The number of aromatic hydroxyl groups is 1. The fourth-order valence-corrected chi connectivity index (χ4v) is 3.27. The lowest BCUT2D eigenvalue weighted by molar-refractivity contribution is 0.349. The third-order valence-corrected chi connectivity index (χ3v) is 4.65. The molecule has 27 heavy (non-hydrogen) atoms. The van der Waals surface area contributed by atoms with Crippen LogP contribution in [-0.2, 0) is 6.42 Å². The van der Waals surface area contributed by atoms with Gasteiger partial charge in [0, 0.05) is 12.0 Å². The van der Waals surface area contributed by atoms with Crippen LogP contribution in [0.5, 0.6) is 23.0 Å². The fraction of sp³-hybridized carbons (Fsp3) is 0.316. The number of para-hydroxylation sites is 2. The highest BCUT2D eigenvalue weighted by Crippen LogP contribution is 2.31. The van der Waals surface area contributed by atoms with Crippen LogP contribution in [0, 0.1) is 0 Å². The Kier molecular flexibility index (Phi) is 9.17. The largest absolute Gasteiger partial charge is 0.504 e. The van der Waals surface area contributed by atoms with E-state index < -0.39 is 0 Å². The van der Waals surface area contributed by atoms with Crippen LogP contribution in [0.25, 0.3) is 0 Å². The van der Waals surface area contributed by atoms with Crippen molar-refractivity contribution in [3.8, 4) is 23.0 Å². The lowest BCUT2D eigenvalue weighted by Crippen LogP contribution is -2.13. The minimum Gasteiger partial charge on any atom is -0.504 e. The highest BCUT2D eigenvalue weighted by atomic mass is 32.2. The first kappa shape index (κ1) is 21.3. The standard InChI is InChI=1S/C19H23NO5S2/c1-23-18-8-7-14(12-19(18)25-27-22)11-15(13-26-2)20-9-10-24-17-6-4-3-5-16(17)21/h3-9,12,15,21-22H,10-11,13H2,1-2H3/b20-9-/t15-/m0/s1. The summed E-state index contributed by atoms with van der Waals surface area (Å²) in [5.74, 6) is 2.42. The third-order valence-electron chi connectivity index (χ3n) is 3.68. The third kappa shape index (κ3) is 6.89. The lowest BCUT2D eigenvalue weighted by atomic mass is 10.1. The molecule has 0 fully saturated rings. The zero-order chi connectivity index (χ0) is 19.5. The first-order valence-electron chi connectivity index (χ1n) is 8.24. The number of methoxy groups -OCH3 is 1. The molecule has 0 saturated heterocycles. The van der Waals surface area contributed by atoms with Crippen LogP contribution in [0.4, 0.5) is 0 Å². The number of benzene rings is 2. The molecular weight excluding hydrogens is 386 g/mol. The summed E-state index contributed by atoms with van der Waals surface area (Å²) in [5, 5.41) is 9.70. The highest BCUT2D eigenvalue weighted by Gasteiger charge is 2.11. The van der Waals surface area contributed by atoms with E-state index in [0.717, 1.165) is 11.3 Å². The summed E-state index contributed by atoms with van der Waals surface area (Å²) in [7, 11) is 1.55. The molecule has 0 bridgehead atoms. The Balaban J connectivity index is 1.98. The molecule has 0 aliphatic rings. The van der Waals surface area contributed by atoms with Crippen molar-refractivity contribution in [2.24, 2.45) is 4.99 Å². The Morgan fingerprint density at radius 2 is 1.96 bits per heavy atom. The van der Waals surface area contributed by atoms with E-state index in [-0.39, 0.29) is 30.7 Å². The van der Waals surface area contributed by atoms with Gasteiger partial charge in [0.15, 0.2) is 23.0 Å². The van der Waals surface area contributed by atoms with Crippen molar-refractivity contribution in [2.75, 3.05) is 25.7 Å². The summed E-state index contributed by atoms with van der Waals surface area (Å²) in [4.78, 5) is 4.59. The Morgan fingerprint density at radius 3 is 2.67 bits per heavy atom. The molecule has 2 aromatic rings. The fourth-order valence-electron chi connectivity index (χ4n) is 2.47. The van der Waals surface area contributed by atoms with Gasteiger partial charge >= 0.3 is 0 Å². The van der Waals surface area contributed by atoms with Crippen molar-refractivity contribution < 1.29 is 23.3 Å². The van der Waals surface area contributed by atoms with Gasteiger partial charge in [0.25, 0.3) is 0 Å². The van der Waals surface area contributed by atoms with Gasteiger partial charge in [-0.1, -0.05) is 18.2 Å².